The van der Waals surface area contributed by atoms with Crippen LogP contribution in [0.1, 0.15) is 0 Å². The molecule has 11 heteroatoms. The number of nitrogen functional groups attached to an aromatic ring is 1. The fraction of sp³-hybridized carbons (Fsp3) is 0.143. The van der Waals surface area contributed by atoms with E-state index in [1.165, 1.54) is 24.4 Å². The lowest BCUT2D eigenvalue weighted by Crippen LogP contribution is -2.20. The number of hydrogen-bond donors (Lipinski definition) is 4. The lowest BCUT2D eigenvalue weighted by Gasteiger charge is -2.12. The molecular formula is C28H25F2N9. The normalized spacial score (nSPS) is 11.6. The van der Waals surface area contributed by atoms with Crippen LogP contribution in [0.5, 0.6) is 0 Å². The molecule has 4 aromatic heterocycles. The van der Waals surface area contributed by atoms with Gasteiger partial charge < -0.3 is 20.9 Å². The van der Waals surface area contributed by atoms with Crippen LogP contribution in [0.15, 0.2) is 61.1 Å². The molecule has 4 heterocycles. The molecule has 9 nitrogen and oxygen atoms in total. The minimum atomic E-state index is -0.486. The molecule has 0 saturated heterocycles. The fourth-order valence-electron chi connectivity index (χ4n) is 4.56. The Hall–Kier alpha value is -4.90. The Morgan fingerprint density at radius 1 is 0.974 bits per heavy atom. The van der Waals surface area contributed by atoms with Crippen molar-refractivity contribution >= 4 is 33.3 Å². The van der Waals surface area contributed by atoms with E-state index in [1.807, 2.05) is 31.1 Å². The molecule has 0 atom stereocenters. The van der Waals surface area contributed by atoms with Gasteiger partial charge in [-0.15, -0.1) is 0 Å². The number of rotatable bonds is 7. The van der Waals surface area contributed by atoms with Gasteiger partial charge in [-0.25, -0.2) is 13.8 Å². The highest BCUT2D eigenvalue weighted by atomic mass is 19.1. The highest BCUT2D eigenvalue weighted by Crippen LogP contribution is 2.34. The number of nitrogens with two attached hydrogens (primary N) is 1. The minimum absolute atomic E-state index is 0.183. The average molecular weight is 526 g/mol. The van der Waals surface area contributed by atoms with E-state index in [-0.39, 0.29) is 11.3 Å². The molecule has 0 fully saturated rings. The number of likely N-dealkylation sites (N-methyl/N-ethyl adjacent to an activating group) is 1. The van der Waals surface area contributed by atoms with Crippen LogP contribution in [0.3, 0.4) is 0 Å². The molecule has 0 aliphatic heterocycles. The zero-order valence-corrected chi connectivity index (χ0v) is 21.3. The van der Waals surface area contributed by atoms with Gasteiger partial charge in [0.15, 0.2) is 11.6 Å². The number of anilines is 2. The number of nitrogens with zero attached hydrogens (tertiary/aromatic N) is 5. The standard InChI is InChI=1S/C28H25F2N9/c1-39(2)6-5-33-20-9-16(7-18(29)12-20)24-27-23(3-4-34-24)35-28(36-27)26-21-10-15(11-22(30)25(21)37-38-26)17-8-19(31)14-32-13-17/h3-4,7-14,33H,5-6,31H2,1-2H3,(H,35,36)(H,37,38). The number of nitrogens with one attached hydrogen (secondary N) is 3. The number of benzene rings is 2. The number of aromatic nitrogens is 6. The van der Waals surface area contributed by atoms with Gasteiger partial charge in [-0.3, -0.25) is 15.1 Å². The van der Waals surface area contributed by atoms with Gasteiger partial charge in [0.1, 0.15) is 22.5 Å². The lowest BCUT2D eigenvalue weighted by molar-refractivity contribution is 0.425. The Kier molecular flexibility index (Phi) is 6.12. The summed E-state index contributed by atoms with van der Waals surface area (Å²) in [4.78, 5) is 18.7. The molecule has 5 N–H and O–H groups in total. The van der Waals surface area contributed by atoms with Crippen molar-refractivity contribution in [2.75, 3.05) is 38.2 Å². The summed E-state index contributed by atoms with van der Waals surface area (Å²) in [6, 6.07) is 11.5. The molecule has 0 bridgehead atoms. The van der Waals surface area contributed by atoms with Crippen LogP contribution in [-0.4, -0.2) is 62.2 Å². The first kappa shape index (κ1) is 24.4. The molecule has 39 heavy (non-hydrogen) atoms. The first-order valence-corrected chi connectivity index (χ1v) is 12.3. The molecule has 6 rings (SSSR count). The van der Waals surface area contributed by atoms with Gasteiger partial charge >= 0.3 is 0 Å². The number of aromatic amines is 2. The predicted octanol–water partition coefficient (Wildman–Crippen LogP) is 5.06. The lowest BCUT2D eigenvalue weighted by atomic mass is 10.0. The zero-order valence-electron chi connectivity index (χ0n) is 21.3. The topological polar surface area (TPSA) is 124 Å². The maximum absolute atomic E-state index is 15.0. The predicted molar refractivity (Wildman–Crippen MR) is 149 cm³/mol. The Balaban J connectivity index is 1.43. The van der Waals surface area contributed by atoms with Crippen molar-refractivity contribution in [2.45, 2.75) is 0 Å². The minimum Gasteiger partial charge on any atom is -0.397 e. The van der Waals surface area contributed by atoms with Crippen LogP contribution in [0, 0.1) is 11.6 Å². The van der Waals surface area contributed by atoms with E-state index in [0.29, 0.717) is 68.2 Å². The first-order valence-electron chi connectivity index (χ1n) is 12.3. The summed E-state index contributed by atoms with van der Waals surface area (Å²) >= 11 is 0. The SMILES string of the molecule is CN(C)CCNc1cc(F)cc(-c2nccc3[nH]c(-c4[nH]nc5c(F)cc(-c6cncc(N)c6)cc45)nc23)c1. The Bertz CT molecular complexity index is 1820. The van der Waals surface area contributed by atoms with Crippen LogP contribution in [-0.2, 0) is 0 Å². The third kappa shape index (κ3) is 4.75. The van der Waals surface area contributed by atoms with Crippen molar-refractivity contribution in [1.82, 2.24) is 35.0 Å². The number of halogens is 2. The number of pyridine rings is 2. The van der Waals surface area contributed by atoms with Crippen molar-refractivity contribution in [1.29, 1.82) is 0 Å². The first-order chi connectivity index (χ1) is 18.9. The van der Waals surface area contributed by atoms with Gasteiger partial charge in [-0.2, -0.15) is 5.10 Å². The van der Waals surface area contributed by atoms with E-state index >= 15 is 4.39 Å². The monoisotopic (exact) mass is 525 g/mol. The van der Waals surface area contributed by atoms with Crippen molar-refractivity contribution < 1.29 is 8.78 Å². The molecule has 0 amide bonds. The van der Waals surface area contributed by atoms with Crippen LogP contribution < -0.4 is 11.1 Å². The summed E-state index contributed by atoms with van der Waals surface area (Å²) in [5.41, 5.74) is 11.3. The van der Waals surface area contributed by atoms with Crippen molar-refractivity contribution in [3.63, 3.8) is 0 Å². The van der Waals surface area contributed by atoms with Gasteiger partial charge in [0, 0.05) is 53.9 Å². The molecule has 0 unspecified atom stereocenters. The van der Waals surface area contributed by atoms with Crippen LogP contribution in [0.2, 0.25) is 0 Å². The molecule has 2 aromatic carbocycles. The Morgan fingerprint density at radius 3 is 2.67 bits per heavy atom. The third-order valence-electron chi connectivity index (χ3n) is 6.40. The number of H-pyrrole nitrogens is 2. The van der Waals surface area contributed by atoms with Crippen LogP contribution >= 0.6 is 0 Å². The molecule has 0 aliphatic rings. The van der Waals surface area contributed by atoms with E-state index < -0.39 is 5.82 Å². The molecule has 0 spiro atoms. The highest BCUT2D eigenvalue weighted by Gasteiger charge is 2.19. The van der Waals surface area contributed by atoms with Gasteiger partial charge in [-0.1, -0.05) is 0 Å². The van der Waals surface area contributed by atoms with Crippen molar-refractivity contribution in [3.8, 4) is 33.9 Å². The van der Waals surface area contributed by atoms with E-state index in [4.69, 9.17) is 10.7 Å². The molecule has 6 aromatic rings. The molecule has 0 radical (unpaired) electrons. The fourth-order valence-corrected chi connectivity index (χ4v) is 4.56. The van der Waals surface area contributed by atoms with Gasteiger partial charge in [0.05, 0.1) is 16.9 Å². The third-order valence-corrected chi connectivity index (χ3v) is 6.40. The molecular weight excluding hydrogens is 500 g/mol. The Labute approximate surface area is 222 Å². The second-order valence-electron chi connectivity index (χ2n) is 9.56. The largest absolute Gasteiger partial charge is 0.397 e. The van der Waals surface area contributed by atoms with Gasteiger partial charge in [0.25, 0.3) is 0 Å². The second-order valence-corrected chi connectivity index (χ2v) is 9.56. The molecule has 0 saturated carbocycles. The summed E-state index contributed by atoms with van der Waals surface area (Å²) in [5.74, 6) is -0.419. The van der Waals surface area contributed by atoms with E-state index in [9.17, 15) is 4.39 Å². The van der Waals surface area contributed by atoms with Gasteiger partial charge in [0.2, 0.25) is 0 Å². The van der Waals surface area contributed by atoms with E-state index in [0.717, 1.165) is 6.54 Å². The summed E-state index contributed by atoms with van der Waals surface area (Å²) in [5, 5.41) is 10.9. The summed E-state index contributed by atoms with van der Waals surface area (Å²) in [7, 11) is 3.95. The summed E-state index contributed by atoms with van der Waals surface area (Å²) in [6.07, 6.45) is 4.79. The van der Waals surface area contributed by atoms with Crippen LogP contribution in [0.4, 0.5) is 20.2 Å². The summed E-state index contributed by atoms with van der Waals surface area (Å²) < 4.78 is 29.6. The number of imidazole rings is 1. The smallest absolute Gasteiger partial charge is 0.157 e. The quantitative estimate of drug-likeness (QED) is 0.230. The van der Waals surface area contributed by atoms with Crippen LogP contribution in [0.25, 0.3) is 55.8 Å². The Morgan fingerprint density at radius 2 is 1.85 bits per heavy atom. The van der Waals surface area contributed by atoms with E-state index in [1.54, 1.807) is 24.5 Å². The molecule has 0 aliphatic carbocycles. The maximum Gasteiger partial charge on any atom is 0.157 e. The van der Waals surface area contributed by atoms with E-state index in [2.05, 4.69) is 30.5 Å². The van der Waals surface area contributed by atoms with Gasteiger partial charge in [-0.05, 0) is 62.1 Å². The summed E-state index contributed by atoms with van der Waals surface area (Å²) in [6.45, 7) is 1.47. The second kappa shape index (κ2) is 9.76. The number of hydrogen-bond acceptors (Lipinski definition) is 7. The zero-order chi connectivity index (χ0) is 27.1. The molecule has 196 valence electrons. The number of fused-ring (bicyclic) bond motifs is 2. The highest BCUT2D eigenvalue weighted by molar-refractivity contribution is 5.98. The van der Waals surface area contributed by atoms with Crippen molar-refractivity contribution in [2.24, 2.45) is 0 Å². The maximum atomic E-state index is 15.0. The average Bonchev–Trinajstić information content (AvgIpc) is 3.52. The van der Waals surface area contributed by atoms with Crippen molar-refractivity contribution in [3.05, 3.63) is 72.7 Å².